The molecule has 0 saturated carbocycles. The van der Waals surface area contributed by atoms with Crippen molar-refractivity contribution in [1.82, 2.24) is 36.4 Å². The second-order valence-electron chi connectivity index (χ2n) is 24.1. The Morgan fingerprint density at radius 3 is 2.01 bits per heavy atom. The van der Waals surface area contributed by atoms with Crippen LogP contribution in [-0.4, -0.2) is 229 Å². The summed E-state index contributed by atoms with van der Waals surface area (Å²) < 4.78 is 6.79. The summed E-state index contributed by atoms with van der Waals surface area (Å²) in [5.74, 6) is -7.23. The number of nitrogens with zero attached hydrogens (tertiary/aromatic N) is 3. The zero-order valence-electron chi connectivity index (χ0n) is 48.7. The van der Waals surface area contributed by atoms with Gasteiger partial charge in [-0.1, -0.05) is 84.8 Å². The van der Waals surface area contributed by atoms with E-state index in [-0.39, 0.29) is 43.9 Å². The predicted octanol–water partition coefficient (Wildman–Crippen LogP) is -1.75. The maximum Gasteiger partial charge on any atom is 0.248 e. The molecule has 4 aliphatic rings. The smallest absolute Gasteiger partial charge is 0.248 e. The Hall–Kier alpha value is -5.09. The summed E-state index contributed by atoms with van der Waals surface area (Å²) in [5, 5.41) is 103. The molecule has 25 heteroatoms. The van der Waals surface area contributed by atoms with Crippen LogP contribution >= 0.6 is 0 Å². The summed E-state index contributed by atoms with van der Waals surface area (Å²) in [5.41, 5.74) is 5.76. The van der Waals surface area contributed by atoms with Gasteiger partial charge in [0, 0.05) is 44.7 Å². The minimum Gasteiger partial charge on any atom is -0.508 e. The van der Waals surface area contributed by atoms with Crippen molar-refractivity contribution in [3.8, 4) is 5.75 Å². The van der Waals surface area contributed by atoms with Crippen molar-refractivity contribution in [2.24, 2.45) is 23.5 Å². The van der Waals surface area contributed by atoms with E-state index < -0.39 is 152 Å². The number of aliphatic hydroxyl groups is 7. The first-order valence-electron chi connectivity index (χ1n) is 29.6. The Morgan fingerprint density at radius 2 is 1.39 bits per heavy atom. The number of fused-ring (bicyclic) bond motifs is 2. The van der Waals surface area contributed by atoms with E-state index in [2.05, 4.69) is 47.4 Å². The van der Waals surface area contributed by atoms with Gasteiger partial charge in [0.2, 0.25) is 41.4 Å². The van der Waals surface area contributed by atoms with Crippen molar-refractivity contribution in [2.75, 3.05) is 52.9 Å². The molecular weight excluding hydrogens is 1070 g/mol. The van der Waals surface area contributed by atoms with Crippen LogP contribution in [-0.2, 0) is 38.3 Å². The second-order valence-corrected chi connectivity index (χ2v) is 24.1. The standard InChI is InChI=1S/C57H95N9O16/c1-7-32(2)27-33(3)15-12-10-8-9-11-13-16-43(72)59-39-29-42(71)55(82-26-25-66(6)23-14-24-66)63-54(79)47-48(73)34(4)30-65(47)57(81)45(41(70)21-22-58)61-53(78)46(50(75)49(74)36-17-19-37(68)20-18-36)62-52(77)40-28-38(69)31-64(40)56(80)44(35(5)67)60-51(39)76/h17-20,32-35,38-42,44-50,55,67,69-71,73-75H,7-16,21-31,58H2,1-6H3,(H5-,59,60,61,62,63,68,72,76,77,78,79)/p+1/t32-,33+,34-,35+,38+,39-,40-,41+,42+,44-,45-,46-,47-,48-,49-,50-,55+/m0/s1. The molecule has 1 aromatic carbocycles. The SMILES string of the molecule is CC[C@H](C)C[C@H](C)CCCCCCCCC(=O)N[C@H]1C[C@@H](O)[C@@H](OCC[N+]2(C)CCC2)NC(=O)[C@@H]2[C@@H](O)[C@@H](C)CN2C(=O)[C@H]([C@H](O)CCN)NC(=O)[C@H]([C@H](O)[C@@H](O)c2ccc(O)cc2)NC(=O)[C@@H]2C[C@@H](O)CN2C(=O)[C@H]([C@@H](C)O)NC1=O. The number of amides is 7. The Bertz CT molecular complexity index is 2260. The molecule has 0 bridgehead atoms. The van der Waals surface area contributed by atoms with Crippen LogP contribution in [0.5, 0.6) is 5.75 Å². The van der Waals surface area contributed by atoms with Crippen molar-refractivity contribution in [2.45, 2.75) is 210 Å². The number of likely N-dealkylation sites (tertiary alicyclic amines) is 1. The highest BCUT2D eigenvalue weighted by atomic mass is 16.5. The Labute approximate surface area is 481 Å². The molecule has 4 saturated heterocycles. The highest BCUT2D eigenvalue weighted by molar-refractivity contribution is 5.98. The number of nitrogens with one attached hydrogen (secondary N) is 5. The van der Waals surface area contributed by atoms with Gasteiger partial charge in [0.1, 0.15) is 66.9 Å². The quantitative estimate of drug-likeness (QED) is 0.0403. The van der Waals surface area contributed by atoms with Crippen molar-refractivity contribution in [3.05, 3.63) is 29.8 Å². The lowest BCUT2D eigenvalue weighted by molar-refractivity contribution is -0.946. The molecule has 464 valence electrons. The predicted molar refractivity (Wildman–Crippen MR) is 299 cm³/mol. The number of phenolic OH excluding ortho intramolecular Hbond substituents is 1. The molecule has 4 fully saturated rings. The summed E-state index contributed by atoms with van der Waals surface area (Å²) >= 11 is 0. The molecule has 0 spiro atoms. The lowest BCUT2D eigenvalue weighted by Gasteiger charge is -2.42. The first-order chi connectivity index (χ1) is 38.8. The highest BCUT2D eigenvalue weighted by Gasteiger charge is 2.51. The van der Waals surface area contributed by atoms with Gasteiger partial charge in [-0.25, -0.2) is 0 Å². The van der Waals surface area contributed by atoms with Crippen molar-refractivity contribution >= 4 is 41.4 Å². The number of aromatic hydroxyl groups is 1. The van der Waals surface area contributed by atoms with Gasteiger partial charge < -0.3 is 92.2 Å². The number of hydrogen-bond donors (Lipinski definition) is 14. The van der Waals surface area contributed by atoms with E-state index >= 15 is 0 Å². The molecule has 0 aliphatic carbocycles. The topological polar surface area (TPSA) is 383 Å². The molecule has 4 heterocycles. The molecule has 0 unspecified atom stereocenters. The summed E-state index contributed by atoms with van der Waals surface area (Å²) in [6, 6.07) is -6.45. The summed E-state index contributed by atoms with van der Waals surface area (Å²) in [6.07, 6.45) is -6.15. The Morgan fingerprint density at radius 1 is 0.768 bits per heavy atom. The van der Waals surface area contributed by atoms with Crippen LogP contribution in [0, 0.1) is 17.8 Å². The van der Waals surface area contributed by atoms with Gasteiger partial charge >= 0.3 is 0 Å². The number of phenols is 1. The average Bonchev–Trinajstić information content (AvgIpc) is 4.21. The molecule has 17 atom stereocenters. The van der Waals surface area contributed by atoms with Crippen molar-refractivity contribution in [3.63, 3.8) is 0 Å². The van der Waals surface area contributed by atoms with Crippen molar-refractivity contribution < 1.29 is 83.6 Å². The molecular formula is C57H96N9O16+. The largest absolute Gasteiger partial charge is 0.508 e. The number of carbonyl (C=O) groups is 7. The second kappa shape index (κ2) is 31.7. The van der Waals surface area contributed by atoms with Gasteiger partial charge in [-0.2, -0.15) is 0 Å². The number of nitrogens with two attached hydrogens (primary N) is 1. The minimum atomic E-state index is -2.28. The lowest BCUT2D eigenvalue weighted by atomic mass is 9.91. The lowest BCUT2D eigenvalue weighted by Crippen LogP contribution is -2.64. The third-order valence-electron chi connectivity index (χ3n) is 17.0. The van der Waals surface area contributed by atoms with E-state index in [9.17, 15) is 74.4 Å². The van der Waals surface area contributed by atoms with Gasteiger partial charge in [-0.3, -0.25) is 33.6 Å². The number of aliphatic hydroxyl groups excluding tert-OH is 7. The molecule has 7 amide bonds. The van der Waals surface area contributed by atoms with E-state index in [0.29, 0.717) is 35.7 Å². The zero-order valence-corrected chi connectivity index (χ0v) is 48.7. The van der Waals surface area contributed by atoms with Crippen LogP contribution < -0.4 is 32.3 Å². The number of benzene rings is 1. The zero-order chi connectivity index (χ0) is 60.6. The average molecular weight is 1160 g/mol. The van der Waals surface area contributed by atoms with Crippen LogP contribution in [0.4, 0.5) is 0 Å². The van der Waals surface area contributed by atoms with Crippen LogP contribution in [0.2, 0.25) is 0 Å². The van der Waals surface area contributed by atoms with Crippen LogP contribution in [0.1, 0.15) is 136 Å². The third kappa shape index (κ3) is 18.7. The molecule has 1 aromatic rings. The maximum atomic E-state index is 14.9. The minimum absolute atomic E-state index is 0.0260. The van der Waals surface area contributed by atoms with Crippen LogP contribution in [0.15, 0.2) is 24.3 Å². The molecule has 25 nitrogen and oxygen atoms in total. The number of quaternary nitrogens is 1. The summed E-state index contributed by atoms with van der Waals surface area (Å²) in [4.78, 5) is 103. The molecule has 0 radical (unpaired) electrons. The number of hydrogen-bond acceptors (Lipinski definition) is 17. The van der Waals surface area contributed by atoms with Gasteiger partial charge in [0.25, 0.3) is 0 Å². The Balaban J connectivity index is 1.52. The summed E-state index contributed by atoms with van der Waals surface area (Å²) in [7, 11) is 2.00. The fourth-order valence-electron chi connectivity index (χ4n) is 11.5. The van der Waals surface area contributed by atoms with E-state index in [4.69, 9.17) is 10.5 Å². The van der Waals surface area contributed by atoms with E-state index in [1.54, 1.807) is 0 Å². The van der Waals surface area contributed by atoms with Gasteiger partial charge in [0.05, 0.1) is 51.2 Å². The number of likely N-dealkylation sites (N-methyl/N-ethyl adjacent to an activating group) is 1. The molecule has 15 N–H and O–H groups in total. The van der Waals surface area contributed by atoms with Gasteiger partial charge in [-0.05, 0) is 62.3 Å². The Kier molecular flexibility index (Phi) is 26.2. The van der Waals surface area contributed by atoms with E-state index in [1.165, 1.54) is 44.5 Å². The normalized spacial score (nSPS) is 30.0. The molecule has 82 heavy (non-hydrogen) atoms. The molecule has 5 rings (SSSR count). The van der Waals surface area contributed by atoms with Gasteiger partial charge in [-0.15, -0.1) is 0 Å². The first kappa shape index (κ1) is 67.7. The van der Waals surface area contributed by atoms with Crippen LogP contribution in [0.3, 0.4) is 0 Å². The fourth-order valence-corrected chi connectivity index (χ4v) is 11.5. The fraction of sp³-hybridized carbons (Fsp3) is 0.772. The van der Waals surface area contributed by atoms with Crippen LogP contribution in [0.25, 0.3) is 0 Å². The summed E-state index contributed by atoms with van der Waals surface area (Å²) in [6.45, 7) is 10.4. The molecule has 0 aromatic heterocycles. The highest BCUT2D eigenvalue weighted by Crippen LogP contribution is 2.29. The number of unbranched alkanes of at least 4 members (excludes halogenated alkanes) is 5. The number of carbonyl (C=O) groups excluding carboxylic acids is 7. The monoisotopic (exact) mass is 1160 g/mol. The first-order valence-corrected chi connectivity index (χ1v) is 29.6. The maximum absolute atomic E-state index is 14.9. The van der Waals surface area contributed by atoms with Crippen molar-refractivity contribution in [1.29, 1.82) is 0 Å². The number of rotatable bonds is 24. The van der Waals surface area contributed by atoms with E-state index in [1.807, 2.05) is 7.05 Å². The van der Waals surface area contributed by atoms with Gasteiger partial charge in [0.15, 0.2) is 6.23 Å². The molecule has 4 aliphatic heterocycles. The van der Waals surface area contributed by atoms with E-state index in [0.717, 1.165) is 67.8 Å². The third-order valence-corrected chi connectivity index (χ3v) is 17.0. The number of ether oxygens (including phenoxy) is 1.